The Morgan fingerprint density at radius 1 is 0.372 bits per heavy atom. The van der Waals surface area contributed by atoms with Gasteiger partial charge in [-0.1, -0.05) is 202 Å². The molecule has 4 heterocycles. The number of carbonyl (C=O) groups is 2. The van der Waals surface area contributed by atoms with Crippen LogP contribution in [0, 0.1) is 23.7 Å². The summed E-state index contributed by atoms with van der Waals surface area (Å²) >= 11 is 6.39. The number of ether oxygens (including phenoxy) is 2. The molecule has 2 saturated carbocycles. The van der Waals surface area contributed by atoms with Crippen molar-refractivity contribution in [2.45, 2.75) is 192 Å². The van der Waals surface area contributed by atoms with Gasteiger partial charge in [-0.05, 0) is 179 Å². The molecule has 2 spiro atoms. The predicted octanol–water partition coefficient (Wildman–Crippen LogP) is 22.8. The highest BCUT2D eigenvalue weighted by molar-refractivity contribution is 7.23. The number of carbonyl (C=O) groups excluding carboxylic acids is 2. The smallest absolute Gasteiger partial charge is 0.348 e. The summed E-state index contributed by atoms with van der Waals surface area (Å²) in [4.78, 5) is 33.6. The number of hydrogen-bond acceptors (Lipinski definition) is 8. The zero-order valence-electron chi connectivity index (χ0n) is 50.6. The molecule has 4 aromatic heterocycles. The van der Waals surface area contributed by atoms with E-state index in [9.17, 15) is 9.59 Å². The average Bonchev–Trinajstić information content (AvgIpc) is 1.66. The first-order chi connectivity index (χ1) is 42.3. The Kier molecular flexibility index (Phi) is 19.7. The van der Waals surface area contributed by atoms with Crippen LogP contribution in [0.2, 0.25) is 0 Å². The Hall–Kier alpha value is -6.26. The number of thiophene rings is 4. The summed E-state index contributed by atoms with van der Waals surface area (Å²) in [6, 6.07) is 45.1. The minimum Gasteiger partial charge on any atom is -0.462 e. The van der Waals surface area contributed by atoms with Crippen molar-refractivity contribution in [2.75, 3.05) is 13.2 Å². The summed E-state index contributed by atoms with van der Waals surface area (Å²) in [5, 5.41) is 0. The second-order valence-electron chi connectivity index (χ2n) is 24.7. The summed E-state index contributed by atoms with van der Waals surface area (Å²) in [5.41, 5.74) is 16.1. The van der Waals surface area contributed by atoms with Gasteiger partial charge in [0, 0.05) is 41.5 Å². The first kappa shape index (κ1) is 60.0. The van der Waals surface area contributed by atoms with Crippen LogP contribution in [0.5, 0.6) is 0 Å². The molecule has 4 aliphatic carbocycles. The van der Waals surface area contributed by atoms with Gasteiger partial charge >= 0.3 is 11.9 Å². The Morgan fingerprint density at radius 3 is 1.13 bits per heavy atom. The Bertz CT molecular complexity index is 3550. The summed E-state index contributed by atoms with van der Waals surface area (Å²) in [7, 11) is 0. The molecule has 0 bridgehead atoms. The van der Waals surface area contributed by atoms with Crippen LogP contribution in [0.15, 0.2) is 121 Å². The largest absolute Gasteiger partial charge is 0.462 e. The average molecular weight is 1210 g/mol. The lowest BCUT2D eigenvalue weighted by atomic mass is 9.67. The van der Waals surface area contributed by atoms with Gasteiger partial charge in [-0.2, -0.15) is 0 Å². The highest BCUT2D eigenvalue weighted by Crippen LogP contribution is 2.59. The van der Waals surface area contributed by atoms with E-state index in [0.29, 0.717) is 23.0 Å². The zero-order valence-corrected chi connectivity index (χ0v) is 53.9. The second-order valence-corrected chi connectivity index (χ2v) is 29.0. The molecule has 4 aliphatic rings. The third-order valence-corrected chi connectivity index (χ3v) is 23.4. The summed E-state index contributed by atoms with van der Waals surface area (Å²) in [6.07, 6.45) is 31.7. The standard InChI is InChI=1S/C78H82O4S4/c1-3-5-7-9-11-13-15-23-49-81-75(79)73-43-41-71(85-73)69-39-33-59(83-69)31-25-55-27-35-61-63-37-29-57(53-67(63)77(65(61)51-55)45-19-17-20-46-77)58-30-38-64-62-36-28-56(52-66(62)78(68(64)54-58)47-21-18-22-48-78)26-32-60-34-40-70(84-60)72-42-44-74(86-72)76(80)82-50-24-16-14-12-10-8-6-4-2/h27-30,33-44,51-54H,3-24,45-50H2,1-2H3. The van der Waals surface area contributed by atoms with Crippen molar-refractivity contribution in [2.24, 2.45) is 0 Å². The molecule has 86 heavy (non-hydrogen) atoms. The van der Waals surface area contributed by atoms with Crippen molar-refractivity contribution in [3.05, 3.63) is 174 Å². The summed E-state index contributed by atoms with van der Waals surface area (Å²) < 4.78 is 11.3. The molecule has 0 radical (unpaired) electrons. The van der Waals surface area contributed by atoms with E-state index in [1.165, 1.54) is 194 Å². The number of hydrogen-bond donors (Lipinski definition) is 0. The molecule has 0 atom stereocenters. The van der Waals surface area contributed by atoms with Gasteiger partial charge in [0.15, 0.2) is 0 Å². The van der Waals surface area contributed by atoms with Crippen LogP contribution in [0.3, 0.4) is 0 Å². The molecule has 4 aromatic carbocycles. The molecule has 8 aromatic rings. The molecule has 0 amide bonds. The minimum atomic E-state index is -0.215. The quantitative estimate of drug-likeness (QED) is 0.0364. The SMILES string of the molecule is CCCCCCCCCCOC(=O)c1ccc(-c2ccc(C#Cc3ccc4c(c3)C3(CCCCC3)c3cc(-c5ccc6c(c5)C5(CCCCC5)c5cc(C#Cc7ccc(-c8ccc(C(=O)OCCCCCCCCCC)s8)s7)ccc5-6)ccc3-4)s2)s1. The number of benzene rings is 4. The summed E-state index contributed by atoms with van der Waals surface area (Å²) in [6.45, 7) is 5.49. The van der Waals surface area contributed by atoms with Crippen LogP contribution >= 0.6 is 45.3 Å². The van der Waals surface area contributed by atoms with E-state index in [2.05, 4.69) is 135 Å². The van der Waals surface area contributed by atoms with E-state index in [1.807, 2.05) is 24.3 Å². The Morgan fingerprint density at radius 2 is 0.721 bits per heavy atom. The second kappa shape index (κ2) is 28.3. The first-order valence-electron chi connectivity index (χ1n) is 32.7. The van der Waals surface area contributed by atoms with E-state index in [0.717, 1.165) is 91.8 Å². The van der Waals surface area contributed by atoms with Crippen LogP contribution < -0.4 is 0 Å². The van der Waals surface area contributed by atoms with E-state index >= 15 is 0 Å². The van der Waals surface area contributed by atoms with Crippen LogP contribution in [-0.4, -0.2) is 25.2 Å². The monoisotopic (exact) mass is 1210 g/mol. The lowest BCUT2D eigenvalue weighted by molar-refractivity contribution is 0.0494. The molecule has 0 N–H and O–H groups in total. The number of fused-ring (bicyclic) bond motifs is 10. The molecule has 12 rings (SSSR count). The van der Waals surface area contributed by atoms with Gasteiger partial charge in [-0.3, -0.25) is 0 Å². The van der Waals surface area contributed by atoms with Crippen molar-refractivity contribution in [1.82, 2.24) is 0 Å². The fourth-order valence-electron chi connectivity index (χ4n) is 14.3. The van der Waals surface area contributed by atoms with Crippen molar-refractivity contribution in [3.63, 3.8) is 0 Å². The highest BCUT2D eigenvalue weighted by atomic mass is 32.1. The number of esters is 2. The Balaban J connectivity index is 0.714. The first-order valence-corrected chi connectivity index (χ1v) is 36.0. The number of unbranched alkanes of at least 4 members (excludes halogenated alkanes) is 14. The normalized spacial score (nSPS) is 14.9. The van der Waals surface area contributed by atoms with E-state index in [4.69, 9.17) is 9.47 Å². The number of rotatable bonds is 23. The van der Waals surface area contributed by atoms with E-state index < -0.39 is 0 Å². The van der Waals surface area contributed by atoms with Crippen LogP contribution in [0.4, 0.5) is 0 Å². The van der Waals surface area contributed by atoms with Gasteiger partial charge in [-0.25, -0.2) is 9.59 Å². The van der Waals surface area contributed by atoms with Gasteiger partial charge < -0.3 is 9.47 Å². The molecule has 0 unspecified atom stereocenters. The highest BCUT2D eigenvalue weighted by Gasteiger charge is 2.46. The maximum atomic E-state index is 12.9. The van der Waals surface area contributed by atoms with Gasteiger partial charge in [0.2, 0.25) is 0 Å². The van der Waals surface area contributed by atoms with Crippen LogP contribution in [0.1, 0.15) is 243 Å². The molecular weight excluding hydrogens is 1130 g/mol. The fourth-order valence-corrected chi connectivity index (χ4v) is 18.0. The van der Waals surface area contributed by atoms with Crippen LogP contribution in [0.25, 0.3) is 52.9 Å². The predicted molar refractivity (Wildman–Crippen MR) is 363 cm³/mol. The molecule has 2 fully saturated rings. The molecule has 4 nitrogen and oxygen atoms in total. The van der Waals surface area contributed by atoms with E-state index in [1.54, 1.807) is 22.7 Å². The maximum Gasteiger partial charge on any atom is 0.348 e. The minimum absolute atomic E-state index is 0.0202. The molecule has 8 heteroatoms. The third-order valence-electron chi connectivity index (χ3n) is 18.9. The topological polar surface area (TPSA) is 52.6 Å². The maximum absolute atomic E-state index is 12.9. The lowest BCUT2D eigenvalue weighted by Crippen LogP contribution is -2.28. The van der Waals surface area contributed by atoms with Crippen molar-refractivity contribution < 1.29 is 19.1 Å². The zero-order chi connectivity index (χ0) is 58.7. The van der Waals surface area contributed by atoms with E-state index in [-0.39, 0.29) is 22.8 Å². The van der Waals surface area contributed by atoms with Gasteiger partial charge in [0.1, 0.15) is 9.75 Å². The van der Waals surface area contributed by atoms with Crippen molar-refractivity contribution >= 4 is 57.3 Å². The molecule has 0 saturated heterocycles. The molecule has 442 valence electrons. The van der Waals surface area contributed by atoms with Gasteiger partial charge in [0.05, 0.1) is 23.0 Å². The summed E-state index contributed by atoms with van der Waals surface area (Å²) in [5.74, 6) is 13.8. The van der Waals surface area contributed by atoms with Crippen molar-refractivity contribution in [1.29, 1.82) is 0 Å². The molecule has 0 aliphatic heterocycles. The van der Waals surface area contributed by atoms with Crippen LogP contribution in [-0.2, 0) is 20.3 Å². The fraction of sp³-hybridized carbons (Fsp3) is 0.410. The van der Waals surface area contributed by atoms with Gasteiger partial charge in [-0.15, -0.1) is 45.3 Å². The Labute approximate surface area is 528 Å². The lowest BCUT2D eigenvalue weighted by Gasteiger charge is -2.36. The molecular formula is C78H82O4S4. The third kappa shape index (κ3) is 13.3. The van der Waals surface area contributed by atoms with Gasteiger partial charge in [0.25, 0.3) is 0 Å². The van der Waals surface area contributed by atoms with Crippen molar-refractivity contribution in [3.8, 4) is 76.6 Å².